The average Bonchev–Trinajstić information content (AvgIpc) is 3.57. The van der Waals surface area contributed by atoms with Crippen LogP contribution in [-0.4, -0.2) is 14.8 Å². The molecule has 2 heterocycles. The summed E-state index contributed by atoms with van der Waals surface area (Å²) in [7, 11) is 0. The fourth-order valence-electron chi connectivity index (χ4n) is 5.22. The summed E-state index contributed by atoms with van der Waals surface area (Å²) in [6.07, 6.45) is 1.78. The highest BCUT2D eigenvalue weighted by molar-refractivity contribution is 5.74. The predicted octanol–water partition coefficient (Wildman–Crippen LogP) is 9.43. The Morgan fingerprint density at radius 2 is 1.02 bits per heavy atom. The number of aromatic nitrogens is 3. The topological polar surface area (TPSA) is 49.2 Å². The van der Waals surface area contributed by atoms with Gasteiger partial charge in [0.15, 0.2) is 17.3 Å². The summed E-state index contributed by atoms with van der Waals surface area (Å²) in [4.78, 5) is 4.62. The molecule has 5 aromatic carbocycles. The van der Waals surface area contributed by atoms with E-state index >= 15 is 0 Å². The molecule has 0 fully saturated rings. The molecule has 0 radical (unpaired) electrons. The lowest BCUT2D eigenvalue weighted by Crippen LogP contribution is -2.03. The second-order valence-electron chi connectivity index (χ2n) is 10.7. The summed E-state index contributed by atoms with van der Waals surface area (Å²) in [5, 5.41) is 5.03. The van der Waals surface area contributed by atoms with Crippen molar-refractivity contribution in [1.82, 2.24) is 14.8 Å². The number of ether oxygens (including phenoxy) is 2. The molecule has 0 saturated heterocycles. The van der Waals surface area contributed by atoms with Gasteiger partial charge < -0.3 is 9.47 Å². The van der Waals surface area contributed by atoms with E-state index in [4.69, 9.17) is 14.6 Å². The first-order valence-corrected chi connectivity index (χ1v) is 15.0. The van der Waals surface area contributed by atoms with Gasteiger partial charge in [-0.15, -0.1) is 0 Å². The molecule has 45 heavy (non-hydrogen) atoms. The molecule has 5 nitrogen and oxygen atoms in total. The van der Waals surface area contributed by atoms with Crippen molar-refractivity contribution in [1.29, 1.82) is 0 Å². The molecule has 0 N–H and O–H groups in total. The van der Waals surface area contributed by atoms with Crippen LogP contribution in [0.4, 0.5) is 0 Å². The second kappa shape index (κ2) is 13.1. The highest BCUT2D eigenvalue weighted by Crippen LogP contribution is 2.36. The minimum atomic E-state index is 0.421. The lowest BCUT2D eigenvalue weighted by Gasteiger charge is -2.15. The van der Waals surface area contributed by atoms with Gasteiger partial charge in [-0.1, -0.05) is 121 Å². The zero-order valence-electron chi connectivity index (χ0n) is 24.7. The Bertz CT molecular complexity index is 1970. The number of pyridine rings is 1. The molecule has 0 aliphatic carbocycles. The van der Waals surface area contributed by atoms with Gasteiger partial charge in [0.25, 0.3) is 0 Å². The fraction of sp³-hybridized carbons (Fsp3) is 0.0500. The molecule has 0 atom stereocenters. The molecule has 0 aliphatic heterocycles. The lowest BCUT2D eigenvalue weighted by atomic mass is 10.0. The van der Waals surface area contributed by atoms with E-state index in [-0.39, 0.29) is 0 Å². The molecule has 2 aromatic heterocycles. The molecule has 7 rings (SSSR count). The Hall–Kier alpha value is -5.94. The van der Waals surface area contributed by atoms with Gasteiger partial charge in [-0.2, -0.15) is 5.10 Å². The van der Waals surface area contributed by atoms with E-state index in [1.54, 1.807) is 6.20 Å². The number of hydrogen-bond acceptors (Lipinski definition) is 4. The van der Waals surface area contributed by atoms with Crippen LogP contribution in [-0.2, 0) is 13.2 Å². The van der Waals surface area contributed by atoms with Gasteiger partial charge in [-0.05, 0) is 58.7 Å². The van der Waals surface area contributed by atoms with E-state index in [1.807, 2.05) is 77.5 Å². The lowest BCUT2D eigenvalue weighted by molar-refractivity contribution is 0.256. The van der Waals surface area contributed by atoms with Crippen LogP contribution in [0.15, 0.2) is 164 Å². The molecule has 0 aliphatic rings. The molecule has 0 saturated carbocycles. The van der Waals surface area contributed by atoms with Crippen LogP contribution in [0, 0.1) is 0 Å². The first-order chi connectivity index (χ1) is 22.3. The fourth-order valence-corrected chi connectivity index (χ4v) is 5.22. The highest BCUT2D eigenvalue weighted by atomic mass is 16.5. The van der Waals surface area contributed by atoms with Gasteiger partial charge in [0.05, 0.1) is 11.4 Å². The quantitative estimate of drug-likeness (QED) is 0.160. The SMILES string of the molecule is c1ccc(COc2ccc(-c3cc(-c4ccc(-c5ccccc5)cc4)nn3-c3ccccn3)cc2OCc2ccccc2)cc1. The number of hydrogen-bond donors (Lipinski definition) is 0. The Labute approximate surface area is 263 Å². The smallest absolute Gasteiger partial charge is 0.162 e. The van der Waals surface area contributed by atoms with Crippen molar-refractivity contribution in [3.05, 3.63) is 175 Å². The van der Waals surface area contributed by atoms with Crippen LogP contribution in [0.1, 0.15) is 11.1 Å². The van der Waals surface area contributed by atoms with Crippen LogP contribution in [0.5, 0.6) is 11.5 Å². The molecule has 0 amide bonds. The third kappa shape index (κ3) is 6.53. The van der Waals surface area contributed by atoms with Crippen molar-refractivity contribution in [2.24, 2.45) is 0 Å². The van der Waals surface area contributed by atoms with Crippen molar-refractivity contribution in [3.63, 3.8) is 0 Å². The maximum absolute atomic E-state index is 6.40. The van der Waals surface area contributed by atoms with Crippen LogP contribution >= 0.6 is 0 Å². The van der Waals surface area contributed by atoms with Gasteiger partial charge in [-0.25, -0.2) is 9.67 Å². The van der Waals surface area contributed by atoms with Crippen LogP contribution in [0.2, 0.25) is 0 Å². The minimum absolute atomic E-state index is 0.421. The maximum atomic E-state index is 6.40. The summed E-state index contributed by atoms with van der Waals surface area (Å²) in [6, 6.07) is 53.2. The summed E-state index contributed by atoms with van der Waals surface area (Å²) in [6.45, 7) is 0.862. The molecule has 0 bridgehead atoms. The molecular formula is C40H31N3O2. The van der Waals surface area contributed by atoms with E-state index in [1.165, 1.54) is 5.56 Å². The summed E-state index contributed by atoms with van der Waals surface area (Å²) >= 11 is 0. The molecule has 5 heteroatoms. The van der Waals surface area contributed by atoms with Crippen molar-refractivity contribution < 1.29 is 9.47 Å². The first-order valence-electron chi connectivity index (χ1n) is 15.0. The largest absolute Gasteiger partial charge is 0.485 e. The van der Waals surface area contributed by atoms with Crippen LogP contribution in [0.25, 0.3) is 39.5 Å². The van der Waals surface area contributed by atoms with Gasteiger partial charge in [0.2, 0.25) is 0 Å². The Morgan fingerprint density at radius 1 is 0.467 bits per heavy atom. The zero-order valence-corrected chi connectivity index (χ0v) is 24.7. The molecule has 218 valence electrons. The van der Waals surface area contributed by atoms with E-state index in [0.29, 0.717) is 24.7 Å². The summed E-state index contributed by atoms with van der Waals surface area (Å²) < 4.78 is 14.6. The Balaban J connectivity index is 1.26. The zero-order chi connectivity index (χ0) is 30.3. The third-order valence-electron chi connectivity index (χ3n) is 7.58. The molecular weight excluding hydrogens is 554 g/mol. The normalized spacial score (nSPS) is 10.8. The third-order valence-corrected chi connectivity index (χ3v) is 7.58. The summed E-state index contributed by atoms with van der Waals surface area (Å²) in [5.74, 6) is 2.07. The van der Waals surface area contributed by atoms with E-state index in [2.05, 4.69) is 89.9 Å². The van der Waals surface area contributed by atoms with E-state index in [9.17, 15) is 0 Å². The predicted molar refractivity (Wildman–Crippen MR) is 179 cm³/mol. The summed E-state index contributed by atoms with van der Waals surface area (Å²) in [5.41, 5.74) is 8.23. The van der Waals surface area contributed by atoms with E-state index in [0.717, 1.165) is 45.0 Å². The number of nitrogens with zero attached hydrogens (tertiary/aromatic N) is 3. The van der Waals surface area contributed by atoms with Crippen molar-refractivity contribution >= 4 is 0 Å². The average molecular weight is 586 g/mol. The van der Waals surface area contributed by atoms with Gasteiger partial charge in [0, 0.05) is 17.3 Å². The van der Waals surface area contributed by atoms with Crippen molar-refractivity contribution in [2.75, 3.05) is 0 Å². The minimum Gasteiger partial charge on any atom is -0.485 e. The highest BCUT2D eigenvalue weighted by Gasteiger charge is 2.17. The van der Waals surface area contributed by atoms with Crippen molar-refractivity contribution in [3.8, 4) is 51.0 Å². The van der Waals surface area contributed by atoms with E-state index < -0.39 is 0 Å². The number of benzene rings is 5. The van der Waals surface area contributed by atoms with Gasteiger partial charge in [-0.3, -0.25) is 0 Å². The Morgan fingerprint density at radius 3 is 1.67 bits per heavy atom. The molecule has 0 unspecified atom stereocenters. The maximum Gasteiger partial charge on any atom is 0.162 e. The monoisotopic (exact) mass is 585 g/mol. The molecule has 0 spiro atoms. The standard InChI is InChI=1S/C40H31N3O2/c1-4-12-30(13-5-1)28-44-38-24-23-35(26-39(38)45-29-31-14-6-2-7-15-31)37-27-36(42-43(37)40-18-10-11-25-41-40)34-21-19-33(20-22-34)32-16-8-3-9-17-32/h1-27H,28-29H2. The first kappa shape index (κ1) is 27.9. The Kier molecular flexibility index (Phi) is 8.14. The molecule has 7 aromatic rings. The number of rotatable bonds is 10. The van der Waals surface area contributed by atoms with Gasteiger partial charge >= 0.3 is 0 Å². The van der Waals surface area contributed by atoms with Crippen LogP contribution in [0.3, 0.4) is 0 Å². The van der Waals surface area contributed by atoms with Gasteiger partial charge in [0.1, 0.15) is 13.2 Å². The second-order valence-corrected chi connectivity index (χ2v) is 10.7. The van der Waals surface area contributed by atoms with Crippen molar-refractivity contribution in [2.45, 2.75) is 13.2 Å². The van der Waals surface area contributed by atoms with Crippen LogP contribution < -0.4 is 9.47 Å².